The van der Waals surface area contributed by atoms with Crippen molar-refractivity contribution in [3.05, 3.63) is 29.3 Å². The molecule has 1 saturated heterocycles. The third kappa shape index (κ3) is 3.97. The van der Waals surface area contributed by atoms with Crippen molar-refractivity contribution in [2.75, 3.05) is 19.8 Å². The van der Waals surface area contributed by atoms with E-state index in [9.17, 15) is 17.2 Å². The summed E-state index contributed by atoms with van der Waals surface area (Å²) in [6, 6.07) is 1.95. The van der Waals surface area contributed by atoms with Gasteiger partial charge in [-0.15, -0.1) is 0 Å². The summed E-state index contributed by atoms with van der Waals surface area (Å²) in [5, 5.41) is 0. The number of nitrogens with one attached hydrogen (secondary N) is 1. The van der Waals surface area contributed by atoms with E-state index in [2.05, 4.69) is 4.72 Å². The predicted octanol–water partition coefficient (Wildman–Crippen LogP) is 1.13. The van der Waals surface area contributed by atoms with Crippen LogP contribution in [-0.4, -0.2) is 28.2 Å². The molecule has 21 heavy (non-hydrogen) atoms. The first-order chi connectivity index (χ1) is 9.94. The van der Waals surface area contributed by atoms with E-state index in [1.807, 2.05) is 0 Å². The first-order valence-corrected chi connectivity index (χ1v) is 8.17. The number of halogens is 2. The molecule has 0 radical (unpaired) electrons. The van der Waals surface area contributed by atoms with Crippen LogP contribution in [0.15, 0.2) is 17.0 Å². The lowest BCUT2D eigenvalue weighted by Crippen LogP contribution is -2.33. The zero-order valence-electron chi connectivity index (χ0n) is 11.4. The monoisotopic (exact) mass is 320 g/mol. The molecule has 1 aliphatic heterocycles. The zero-order chi connectivity index (χ0) is 15.5. The number of nitrogens with two attached hydrogens (primary N) is 1. The molecule has 2 rings (SSSR count). The Morgan fingerprint density at radius 1 is 1.38 bits per heavy atom. The maximum absolute atomic E-state index is 13.7. The van der Waals surface area contributed by atoms with E-state index in [1.165, 1.54) is 0 Å². The number of hydrogen-bond acceptors (Lipinski definition) is 4. The lowest BCUT2D eigenvalue weighted by atomic mass is 10.0. The van der Waals surface area contributed by atoms with Crippen LogP contribution in [0, 0.1) is 17.6 Å². The molecule has 5 nitrogen and oxygen atoms in total. The van der Waals surface area contributed by atoms with Gasteiger partial charge in [-0.25, -0.2) is 21.9 Å². The van der Waals surface area contributed by atoms with Crippen LogP contribution in [0.25, 0.3) is 0 Å². The fourth-order valence-corrected chi connectivity index (χ4v) is 3.45. The Morgan fingerprint density at radius 2 is 2.14 bits per heavy atom. The normalized spacial score (nSPS) is 19.7. The molecule has 1 aromatic rings. The fourth-order valence-electron chi connectivity index (χ4n) is 2.20. The number of sulfonamides is 1. The van der Waals surface area contributed by atoms with Crippen molar-refractivity contribution >= 4 is 10.0 Å². The Hall–Kier alpha value is -1.09. The van der Waals surface area contributed by atoms with E-state index in [-0.39, 0.29) is 24.6 Å². The Morgan fingerprint density at radius 3 is 2.76 bits per heavy atom. The quantitative estimate of drug-likeness (QED) is 0.852. The average Bonchev–Trinajstić information content (AvgIpc) is 2.48. The SMILES string of the molecule is NCc1cc(F)c(F)c(S(=O)(=O)NCC2CCCOC2)c1. The van der Waals surface area contributed by atoms with Gasteiger partial charge in [0.25, 0.3) is 0 Å². The number of benzene rings is 1. The van der Waals surface area contributed by atoms with Gasteiger partial charge < -0.3 is 10.5 Å². The third-order valence-electron chi connectivity index (χ3n) is 3.40. The van der Waals surface area contributed by atoms with Gasteiger partial charge in [-0.2, -0.15) is 0 Å². The molecule has 118 valence electrons. The summed E-state index contributed by atoms with van der Waals surface area (Å²) in [6.45, 7) is 1.19. The first kappa shape index (κ1) is 16.3. The van der Waals surface area contributed by atoms with Gasteiger partial charge in [-0.1, -0.05) is 0 Å². The molecule has 1 unspecified atom stereocenters. The molecule has 0 amide bonds. The first-order valence-electron chi connectivity index (χ1n) is 6.69. The average molecular weight is 320 g/mol. The van der Waals surface area contributed by atoms with Crippen LogP contribution < -0.4 is 10.5 Å². The third-order valence-corrected chi connectivity index (χ3v) is 4.82. The van der Waals surface area contributed by atoms with Crippen molar-refractivity contribution in [1.82, 2.24) is 4.72 Å². The Labute approximate surface area is 122 Å². The van der Waals surface area contributed by atoms with Crippen LogP contribution in [-0.2, 0) is 21.3 Å². The highest BCUT2D eigenvalue weighted by molar-refractivity contribution is 7.89. The molecule has 0 bridgehead atoms. The van der Waals surface area contributed by atoms with Gasteiger partial charge in [-0.3, -0.25) is 0 Å². The molecule has 3 N–H and O–H groups in total. The highest BCUT2D eigenvalue weighted by Gasteiger charge is 2.24. The lowest BCUT2D eigenvalue weighted by Gasteiger charge is -2.22. The highest BCUT2D eigenvalue weighted by Crippen LogP contribution is 2.20. The Balaban J connectivity index is 2.16. The Bertz CT molecular complexity index is 602. The molecule has 1 heterocycles. The second-order valence-electron chi connectivity index (χ2n) is 5.03. The van der Waals surface area contributed by atoms with Crippen LogP contribution in [0.3, 0.4) is 0 Å². The molecular weight excluding hydrogens is 302 g/mol. The minimum Gasteiger partial charge on any atom is -0.381 e. The maximum Gasteiger partial charge on any atom is 0.243 e. The van der Waals surface area contributed by atoms with Gasteiger partial charge in [0.15, 0.2) is 11.6 Å². The molecule has 0 aliphatic carbocycles. The van der Waals surface area contributed by atoms with E-state index in [4.69, 9.17) is 10.5 Å². The van der Waals surface area contributed by atoms with E-state index in [0.717, 1.165) is 25.0 Å². The summed E-state index contributed by atoms with van der Waals surface area (Å²) in [6.07, 6.45) is 1.69. The van der Waals surface area contributed by atoms with E-state index < -0.39 is 26.6 Å². The fraction of sp³-hybridized carbons (Fsp3) is 0.538. The molecule has 1 aromatic carbocycles. The van der Waals surface area contributed by atoms with Crippen LogP contribution in [0.1, 0.15) is 18.4 Å². The van der Waals surface area contributed by atoms with Gasteiger partial charge in [0.05, 0.1) is 6.61 Å². The van der Waals surface area contributed by atoms with Crippen molar-refractivity contribution in [2.45, 2.75) is 24.3 Å². The zero-order valence-corrected chi connectivity index (χ0v) is 12.3. The summed E-state index contributed by atoms with van der Waals surface area (Å²) in [5.74, 6) is -2.57. The molecule has 1 atom stereocenters. The van der Waals surface area contributed by atoms with Gasteiger partial charge in [0, 0.05) is 19.7 Å². The van der Waals surface area contributed by atoms with Crippen molar-refractivity contribution < 1.29 is 21.9 Å². The van der Waals surface area contributed by atoms with Crippen LogP contribution >= 0.6 is 0 Å². The second kappa shape index (κ2) is 6.78. The minimum absolute atomic E-state index is 0.0409. The molecule has 0 aromatic heterocycles. The van der Waals surface area contributed by atoms with Crippen LogP contribution in [0.2, 0.25) is 0 Å². The smallest absolute Gasteiger partial charge is 0.243 e. The maximum atomic E-state index is 13.7. The van der Waals surface area contributed by atoms with E-state index in [1.54, 1.807) is 0 Å². The summed E-state index contributed by atoms with van der Waals surface area (Å²) < 4.78 is 58.9. The lowest BCUT2D eigenvalue weighted by molar-refractivity contribution is 0.0568. The summed E-state index contributed by atoms with van der Waals surface area (Å²) in [5.41, 5.74) is 5.57. The number of ether oxygens (including phenoxy) is 1. The topological polar surface area (TPSA) is 81.4 Å². The van der Waals surface area contributed by atoms with E-state index in [0.29, 0.717) is 13.2 Å². The minimum atomic E-state index is -4.12. The van der Waals surface area contributed by atoms with Crippen molar-refractivity contribution in [1.29, 1.82) is 0 Å². The largest absolute Gasteiger partial charge is 0.381 e. The highest BCUT2D eigenvalue weighted by atomic mass is 32.2. The molecule has 0 saturated carbocycles. The second-order valence-corrected chi connectivity index (χ2v) is 6.76. The predicted molar refractivity (Wildman–Crippen MR) is 73.0 cm³/mol. The molecule has 8 heteroatoms. The molecule has 1 fully saturated rings. The van der Waals surface area contributed by atoms with Gasteiger partial charge in [-0.05, 0) is 36.5 Å². The van der Waals surface area contributed by atoms with Crippen molar-refractivity contribution in [2.24, 2.45) is 11.7 Å². The standard InChI is InChI=1S/C13H18F2N2O3S/c14-11-4-10(6-16)5-12(13(11)15)21(18,19)17-7-9-2-1-3-20-8-9/h4-5,9,17H,1-3,6-8,16H2. The van der Waals surface area contributed by atoms with Gasteiger partial charge in [0.2, 0.25) is 10.0 Å². The molecule has 0 spiro atoms. The van der Waals surface area contributed by atoms with Crippen molar-refractivity contribution in [3.63, 3.8) is 0 Å². The van der Waals surface area contributed by atoms with E-state index >= 15 is 0 Å². The Kier molecular flexibility index (Phi) is 5.26. The summed E-state index contributed by atoms with van der Waals surface area (Å²) in [4.78, 5) is -0.709. The number of rotatable bonds is 5. The van der Waals surface area contributed by atoms with Crippen LogP contribution in [0.4, 0.5) is 8.78 Å². The van der Waals surface area contributed by atoms with Gasteiger partial charge in [0.1, 0.15) is 4.90 Å². The summed E-state index contributed by atoms with van der Waals surface area (Å²) in [7, 11) is -4.12. The van der Waals surface area contributed by atoms with Crippen molar-refractivity contribution in [3.8, 4) is 0 Å². The molecule has 1 aliphatic rings. The van der Waals surface area contributed by atoms with Crippen LogP contribution in [0.5, 0.6) is 0 Å². The summed E-state index contributed by atoms with van der Waals surface area (Å²) >= 11 is 0. The molecular formula is C13H18F2N2O3S. The van der Waals surface area contributed by atoms with Gasteiger partial charge >= 0.3 is 0 Å². The number of hydrogen-bond donors (Lipinski definition) is 2.